The number of H-pyrrole nitrogens is 1. The molecule has 18 heavy (non-hydrogen) atoms. The lowest BCUT2D eigenvalue weighted by molar-refractivity contribution is 0.0694. The summed E-state index contributed by atoms with van der Waals surface area (Å²) in [7, 11) is 0. The third-order valence-electron chi connectivity index (χ3n) is 2.26. The van der Waals surface area contributed by atoms with E-state index in [4.69, 9.17) is 5.11 Å². The summed E-state index contributed by atoms with van der Waals surface area (Å²) in [6.45, 7) is 0. The summed E-state index contributed by atoms with van der Waals surface area (Å²) in [6.07, 6.45) is 1.02. The van der Waals surface area contributed by atoms with Gasteiger partial charge in [0.1, 0.15) is 5.56 Å². The zero-order chi connectivity index (χ0) is 13.3. The first-order chi connectivity index (χ1) is 8.49. The Labute approximate surface area is 114 Å². The summed E-state index contributed by atoms with van der Waals surface area (Å²) >= 11 is 2.07. The van der Waals surface area contributed by atoms with Crippen molar-refractivity contribution in [3.63, 3.8) is 0 Å². The van der Waals surface area contributed by atoms with Gasteiger partial charge in [-0.05, 0) is 40.8 Å². The molecule has 1 aromatic heterocycles. The largest absolute Gasteiger partial charge is 0.477 e. The first-order valence-electron chi connectivity index (χ1n) is 4.84. The van der Waals surface area contributed by atoms with Crippen LogP contribution in [0.2, 0.25) is 0 Å². The van der Waals surface area contributed by atoms with Crippen molar-refractivity contribution >= 4 is 28.6 Å². The Kier molecular flexibility index (Phi) is 3.32. The lowest BCUT2D eigenvalue weighted by Crippen LogP contribution is -2.32. The summed E-state index contributed by atoms with van der Waals surface area (Å²) in [5, 5.41) is 8.85. The minimum Gasteiger partial charge on any atom is -0.477 e. The highest BCUT2D eigenvalue weighted by atomic mass is 127. The fourth-order valence-electron chi connectivity index (χ4n) is 1.44. The Hall–Kier alpha value is -1.90. The minimum absolute atomic E-state index is 0.478. The van der Waals surface area contributed by atoms with E-state index in [-0.39, 0.29) is 0 Å². The van der Waals surface area contributed by atoms with Crippen molar-refractivity contribution in [3.05, 3.63) is 60.4 Å². The van der Waals surface area contributed by atoms with Gasteiger partial charge in [-0.2, -0.15) is 0 Å². The lowest BCUT2D eigenvalue weighted by Gasteiger charge is -2.06. The summed E-state index contributed by atoms with van der Waals surface area (Å²) in [6, 6.07) is 6.91. The average molecular weight is 358 g/mol. The molecule has 7 heteroatoms. The van der Waals surface area contributed by atoms with E-state index in [1.165, 1.54) is 0 Å². The topological polar surface area (TPSA) is 92.2 Å². The van der Waals surface area contributed by atoms with E-state index in [1.54, 1.807) is 18.2 Å². The second-order valence-electron chi connectivity index (χ2n) is 3.46. The maximum Gasteiger partial charge on any atom is 0.342 e. The quantitative estimate of drug-likeness (QED) is 0.778. The van der Waals surface area contributed by atoms with Crippen LogP contribution in [0, 0.1) is 3.57 Å². The maximum atomic E-state index is 11.6. The summed E-state index contributed by atoms with van der Waals surface area (Å²) < 4.78 is 1.98. The molecule has 0 aliphatic rings. The Balaban J connectivity index is 2.72. The van der Waals surface area contributed by atoms with Gasteiger partial charge >= 0.3 is 11.7 Å². The molecule has 0 saturated carbocycles. The molecule has 0 spiro atoms. The fraction of sp³-hybridized carbons (Fsp3) is 0. The highest BCUT2D eigenvalue weighted by Gasteiger charge is 2.12. The first-order valence-corrected chi connectivity index (χ1v) is 5.92. The van der Waals surface area contributed by atoms with Crippen LogP contribution in [0.1, 0.15) is 10.4 Å². The third kappa shape index (κ3) is 2.35. The smallest absolute Gasteiger partial charge is 0.342 e. The number of nitrogens with one attached hydrogen (secondary N) is 1. The molecule has 1 aromatic carbocycles. The van der Waals surface area contributed by atoms with Gasteiger partial charge in [0.15, 0.2) is 0 Å². The van der Waals surface area contributed by atoms with E-state index >= 15 is 0 Å². The van der Waals surface area contributed by atoms with Crippen LogP contribution in [0.25, 0.3) is 5.69 Å². The monoisotopic (exact) mass is 358 g/mol. The number of benzene rings is 1. The van der Waals surface area contributed by atoms with Gasteiger partial charge in [0.25, 0.3) is 5.56 Å². The van der Waals surface area contributed by atoms with Crippen molar-refractivity contribution in [1.29, 1.82) is 0 Å². The molecule has 1 heterocycles. The predicted molar refractivity (Wildman–Crippen MR) is 72.3 cm³/mol. The van der Waals surface area contributed by atoms with Crippen LogP contribution in [-0.4, -0.2) is 20.6 Å². The highest BCUT2D eigenvalue weighted by Crippen LogP contribution is 2.10. The molecule has 92 valence electrons. The van der Waals surface area contributed by atoms with Gasteiger partial charge in [-0.3, -0.25) is 14.3 Å². The molecule has 2 N–H and O–H groups in total. The van der Waals surface area contributed by atoms with Gasteiger partial charge in [-0.25, -0.2) is 9.59 Å². The molecular formula is C11H7IN2O4. The Morgan fingerprint density at radius 2 is 2.06 bits per heavy atom. The molecule has 0 bridgehead atoms. The number of carboxylic acids is 1. The minimum atomic E-state index is -1.38. The summed E-state index contributed by atoms with van der Waals surface area (Å²) in [4.78, 5) is 35.7. The first kappa shape index (κ1) is 12.6. The third-order valence-corrected chi connectivity index (χ3v) is 2.93. The molecule has 0 atom stereocenters. The normalized spacial score (nSPS) is 10.3. The summed E-state index contributed by atoms with van der Waals surface area (Å²) in [5.41, 5.74) is -1.57. The van der Waals surface area contributed by atoms with Crippen LogP contribution in [0.4, 0.5) is 0 Å². The van der Waals surface area contributed by atoms with Crippen molar-refractivity contribution in [2.45, 2.75) is 0 Å². The van der Waals surface area contributed by atoms with Crippen molar-refractivity contribution < 1.29 is 9.90 Å². The standard InChI is InChI=1S/C11H7IN2O4/c12-6-2-1-3-7(4-6)14-5-8(10(16)17)9(15)13-11(14)18/h1-5H,(H,16,17)(H,13,15,18). The van der Waals surface area contributed by atoms with Crippen LogP contribution in [0.3, 0.4) is 0 Å². The molecule has 0 aliphatic heterocycles. The van der Waals surface area contributed by atoms with Gasteiger partial charge in [-0.1, -0.05) is 6.07 Å². The van der Waals surface area contributed by atoms with Gasteiger partial charge in [-0.15, -0.1) is 0 Å². The van der Waals surface area contributed by atoms with E-state index < -0.39 is 22.8 Å². The fourth-order valence-corrected chi connectivity index (χ4v) is 1.97. The van der Waals surface area contributed by atoms with Crippen molar-refractivity contribution in [2.75, 3.05) is 0 Å². The van der Waals surface area contributed by atoms with E-state index in [2.05, 4.69) is 22.6 Å². The van der Waals surface area contributed by atoms with Gasteiger partial charge < -0.3 is 5.11 Å². The molecular weight excluding hydrogens is 351 g/mol. The number of rotatable bonds is 2. The molecule has 0 amide bonds. The second kappa shape index (κ2) is 4.77. The Morgan fingerprint density at radius 1 is 1.33 bits per heavy atom. The summed E-state index contributed by atoms with van der Waals surface area (Å²) in [5.74, 6) is -1.38. The number of carbonyl (C=O) groups is 1. The highest BCUT2D eigenvalue weighted by molar-refractivity contribution is 14.1. The average Bonchev–Trinajstić information content (AvgIpc) is 2.28. The van der Waals surface area contributed by atoms with Crippen LogP contribution >= 0.6 is 22.6 Å². The van der Waals surface area contributed by atoms with Gasteiger partial charge in [0.05, 0.1) is 5.69 Å². The van der Waals surface area contributed by atoms with Crippen LogP contribution in [-0.2, 0) is 0 Å². The van der Waals surface area contributed by atoms with E-state index in [0.717, 1.165) is 14.3 Å². The Morgan fingerprint density at radius 3 is 2.67 bits per heavy atom. The van der Waals surface area contributed by atoms with Crippen LogP contribution in [0.5, 0.6) is 0 Å². The maximum absolute atomic E-state index is 11.6. The van der Waals surface area contributed by atoms with E-state index in [1.807, 2.05) is 11.1 Å². The zero-order valence-corrected chi connectivity index (χ0v) is 11.0. The molecule has 2 rings (SSSR count). The van der Waals surface area contributed by atoms with Crippen molar-refractivity contribution in [2.24, 2.45) is 0 Å². The number of aromatic carboxylic acids is 1. The number of aromatic nitrogens is 2. The number of hydrogen-bond acceptors (Lipinski definition) is 3. The van der Waals surface area contributed by atoms with Crippen LogP contribution in [0.15, 0.2) is 40.1 Å². The molecule has 0 unspecified atom stereocenters. The van der Waals surface area contributed by atoms with E-state index in [9.17, 15) is 14.4 Å². The number of hydrogen-bond donors (Lipinski definition) is 2. The number of nitrogens with zero attached hydrogens (tertiary/aromatic N) is 1. The molecule has 0 fully saturated rings. The lowest BCUT2D eigenvalue weighted by atomic mass is 10.3. The predicted octanol–water partition coefficient (Wildman–Crippen LogP) is 0.829. The number of aromatic amines is 1. The second-order valence-corrected chi connectivity index (χ2v) is 4.70. The van der Waals surface area contributed by atoms with Crippen molar-refractivity contribution in [1.82, 2.24) is 9.55 Å². The van der Waals surface area contributed by atoms with Gasteiger partial charge in [0.2, 0.25) is 0 Å². The van der Waals surface area contributed by atoms with Gasteiger partial charge in [0, 0.05) is 9.77 Å². The molecule has 0 aliphatic carbocycles. The number of carboxylic acid groups (broad SMARTS) is 1. The Bertz CT molecular complexity index is 732. The van der Waals surface area contributed by atoms with Crippen LogP contribution < -0.4 is 11.2 Å². The SMILES string of the molecule is O=C(O)c1cn(-c2cccc(I)c2)c(=O)[nH]c1=O. The zero-order valence-electron chi connectivity index (χ0n) is 8.88. The molecule has 2 aromatic rings. The molecule has 0 saturated heterocycles. The number of halogens is 1. The molecule has 6 nitrogen and oxygen atoms in total. The van der Waals surface area contributed by atoms with E-state index in [0.29, 0.717) is 5.69 Å². The molecule has 0 radical (unpaired) electrons. The van der Waals surface area contributed by atoms with Crippen molar-refractivity contribution in [3.8, 4) is 5.69 Å².